The van der Waals surface area contributed by atoms with Crippen LogP contribution < -0.4 is 0 Å². The van der Waals surface area contributed by atoms with Crippen LogP contribution >= 0.6 is 0 Å². The number of rotatable bonds is 1. The fourth-order valence-corrected chi connectivity index (χ4v) is 4.75. The van der Waals surface area contributed by atoms with Gasteiger partial charge < -0.3 is 14.6 Å². The Bertz CT molecular complexity index is 444. The van der Waals surface area contributed by atoms with Crippen LogP contribution in [0.25, 0.3) is 0 Å². The zero-order valence-electron chi connectivity index (χ0n) is 12.5. The Hall–Kier alpha value is -0.870. The van der Waals surface area contributed by atoms with Gasteiger partial charge in [-0.1, -0.05) is 13.8 Å². The number of carbonyl (C=O) groups excluding carboxylic acids is 1. The maximum Gasteiger partial charge on any atom is 0.333 e. The number of hydrogen-bond acceptors (Lipinski definition) is 4. The molecule has 0 bridgehead atoms. The van der Waals surface area contributed by atoms with E-state index in [1.807, 2.05) is 6.08 Å². The molecule has 2 aliphatic carbocycles. The predicted octanol–water partition coefficient (Wildman–Crippen LogP) is 1.92. The van der Waals surface area contributed by atoms with Crippen molar-refractivity contribution in [2.45, 2.75) is 44.8 Å². The SMILES string of the molecule is COC(=O)C1=C[C@]23OC[C@@H](C)[C@H]2CC[C@H](C)[C@@H]3[C@@H](O)C1. The molecular formula is C16H24O4. The monoisotopic (exact) mass is 280 g/mol. The molecule has 6 atom stereocenters. The highest BCUT2D eigenvalue weighted by Crippen LogP contribution is 2.56. The van der Waals surface area contributed by atoms with Gasteiger partial charge in [0.05, 0.1) is 25.4 Å². The van der Waals surface area contributed by atoms with Crippen LogP contribution in [0.5, 0.6) is 0 Å². The highest BCUT2D eigenvalue weighted by atomic mass is 16.5. The molecule has 1 saturated carbocycles. The molecule has 0 radical (unpaired) electrons. The summed E-state index contributed by atoms with van der Waals surface area (Å²) >= 11 is 0. The molecule has 20 heavy (non-hydrogen) atoms. The van der Waals surface area contributed by atoms with Crippen molar-refractivity contribution in [3.8, 4) is 0 Å². The number of aliphatic hydroxyl groups excluding tert-OH is 1. The van der Waals surface area contributed by atoms with E-state index in [1.165, 1.54) is 7.11 Å². The molecule has 112 valence electrons. The second-order valence-electron chi connectivity index (χ2n) is 6.76. The van der Waals surface area contributed by atoms with Gasteiger partial charge in [-0.2, -0.15) is 0 Å². The first-order valence-corrected chi connectivity index (χ1v) is 7.61. The lowest BCUT2D eigenvalue weighted by Gasteiger charge is -2.51. The Morgan fingerprint density at radius 3 is 2.85 bits per heavy atom. The standard InChI is InChI=1S/C16H24O4/c1-9-4-5-12-10(2)8-20-16(12)7-11(15(18)19-3)6-13(17)14(9)16/h7,9-10,12-14,17H,4-6,8H2,1-3H3/t9-,10+,12+,13-,14+,16-/m0/s1. The first-order valence-electron chi connectivity index (χ1n) is 7.61. The molecule has 0 aromatic heterocycles. The highest BCUT2D eigenvalue weighted by molar-refractivity contribution is 5.89. The molecule has 3 aliphatic rings. The number of aliphatic hydroxyl groups is 1. The number of carbonyl (C=O) groups is 1. The third kappa shape index (κ3) is 1.85. The zero-order chi connectivity index (χ0) is 14.5. The minimum Gasteiger partial charge on any atom is -0.466 e. The lowest BCUT2D eigenvalue weighted by atomic mass is 9.57. The summed E-state index contributed by atoms with van der Waals surface area (Å²) in [4.78, 5) is 11.9. The minimum atomic E-state index is -0.516. The topological polar surface area (TPSA) is 55.8 Å². The van der Waals surface area contributed by atoms with Crippen molar-refractivity contribution < 1.29 is 19.4 Å². The van der Waals surface area contributed by atoms with E-state index < -0.39 is 11.7 Å². The predicted molar refractivity (Wildman–Crippen MR) is 73.9 cm³/mol. The van der Waals surface area contributed by atoms with Gasteiger partial charge in [-0.3, -0.25) is 0 Å². The summed E-state index contributed by atoms with van der Waals surface area (Å²) < 4.78 is 11.0. The summed E-state index contributed by atoms with van der Waals surface area (Å²) in [5.41, 5.74) is 0.114. The lowest BCUT2D eigenvalue weighted by Crippen LogP contribution is -2.56. The fourth-order valence-electron chi connectivity index (χ4n) is 4.75. The molecule has 4 heteroatoms. The maximum atomic E-state index is 11.9. The molecular weight excluding hydrogens is 256 g/mol. The van der Waals surface area contributed by atoms with E-state index >= 15 is 0 Å². The Morgan fingerprint density at radius 1 is 1.40 bits per heavy atom. The molecule has 1 saturated heterocycles. The van der Waals surface area contributed by atoms with E-state index in [9.17, 15) is 9.90 Å². The highest BCUT2D eigenvalue weighted by Gasteiger charge is 2.59. The van der Waals surface area contributed by atoms with Crippen molar-refractivity contribution in [1.29, 1.82) is 0 Å². The Labute approximate surface area is 120 Å². The molecule has 4 nitrogen and oxygen atoms in total. The molecule has 3 rings (SSSR count). The van der Waals surface area contributed by atoms with Gasteiger partial charge in [0.2, 0.25) is 0 Å². The number of esters is 1. The summed E-state index contributed by atoms with van der Waals surface area (Å²) in [6, 6.07) is 0. The van der Waals surface area contributed by atoms with Crippen LogP contribution in [-0.4, -0.2) is 36.5 Å². The lowest BCUT2D eigenvalue weighted by molar-refractivity contribution is -0.142. The average Bonchev–Trinajstić information content (AvgIpc) is 2.73. The maximum absolute atomic E-state index is 11.9. The van der Waals surface area contributed by atoms with E-state index in [4.69, 9.17) is 9.47 Å². The molecule has 1 aliphatic heterocycles. The van der Waals surface area contributed by atoms with E-state index in [1.54, 1.807) is 0 Å². The quantitative estimate of drug-likeness (QED) is 0.746. The van der Waals surface area contributed by atoms with E-state index in [2.05, 4.69) is 13.8 Å². The summed E-state index contributed by atoms with van der Waals surface area (Å²) in [7, 11) is 1.39. The molecule has 0 amide bonds. The largest absolute Gasteiger partial charge is 0.466 e. The Kier molecular flexibility index (Phi) is 3.41. The van der Waals surface area contributed by atoms with Gasteiger partial charge in [0, 0.05) is 17.9 Å². The molecule has 0 unspecified atom stereocenters. The van der Waals surface area contributed by atoms with Gasteiger partial charge in [-0.25, -0.2) is 4.79 Å². The van der Waals surface area contributed by atoms with Crippen molar-refractivity contribution in [2.75, 3.05) is 13.7 Å². The Morgan fingerprint density at radius 2 is 2.15 bits per heavy atom. The summed E-state index contributed by atoms with van der Waals surface area (Å²) in [5.74, 6) is 1.06. The minimum absolute atomic E-state index is 0.0969. The summed E-state index contributed by atoms with van der Waals surface area (Å²) in [5, 5.41) is 10.6. The van der Waals surface area contributed by atoms with Crippen LogP contribution in [0.2, 0.25) is 0 Å². The zero-order valence-corrected chi connectivity index (χ0v) is 12.5. The molecule has 1 N–H and O–H groups in total. The summed E-state index contributed by atoms with van der Waals surface area (Å²) in [6.45, 7) is 5.11. The van der Waals surface area contributed by atoms with Crippen molar-refractivity contribution >= 4 is 5.97 Å². The van der Waals surface area contributed by atoms with E-state index in [-0.39, 0.29) is 11.9 Å². The molecule has 1 heterocycles. The van der Waals surface area contributed by atoms with Crippen LogP contribution in [0.4, 0.5) is 0 Å². The van der Waals surface area contributed by atoms with Crippen molar-refractivity contribution in [3.63, 3.8) is 0 Å². The normalized spacial score (nSPS) is 47.2. The Balaban J connectivity index is 2.06. The second-order valence-corrected chi connectivity index (χ2v) is 6.76. The fraction of sp³-hybridized carbons (Fsp3) is 0.812. The third-order valence-electron chi connectivity index (χ3n) is 5.62. The van der Waals surface area contributed by atoms with Gasteiger partial charge in [-0.15, -0.1) is 0 Å². The van der Waals surface area contributed by atoms with Crippen molar-refractivity contribution in [3.05, 3.63) is 11.6 Å². The van der Waals surface area contributed by atoms with Crippen LogP contribution in [0, 0.1) is 23.7 Å². The second kappa shape index (κ2) is 4.85. The van der Waals surface area contributed by atoms with Crippen molar-refractivity contribution in [2.24, 2.45) is 23.7 Å². The van der Waals surface area contributed by atoms with Crippen molar-refractivity contribution in [1.82, 2.24) is 0 Å². The number of methoxy groups -OCH3 is 1. The molecule has 1 spiro atoms. The van der Waals surface area contributed by atoms with Gasteiger partial charge in [0.15, 0.2) is 0 Å². The van der Waals surface area contributed by atoms with Gasteiger partial charge in [-0.05, 0) is 36.7 Å². The van der Waals surface area contributed by atoms with Crippen LogP contribution in [0.1, 0.15) is 33.1 Å². The number of hydrogen-bond donors (Lipinski definition) is 1. The van der Waals surface area contributed by atoms with Crippen LogP contribution in [-0.2, 0) is 14.3 Å². The smallest absolute Gasteiger partial charge is 0.333 e. The third-order valence-corrected chi connectivity index (χ3v) is 5.62. The number of ether oxygens (including phenoxy) is 2. The van der Waals surface area contributed by atoms with Crippen LogP contribution in [0.3, 0.4) is 0 Å². The molecule has 0 aromatic carbocycles. The van der Waals surface area contributed by atoms with E-state index in [0.717, 1.165) is 12.8 Å². The van der Waals surface area contributed by atoms with Gasteiger partial charge in [0.1, 0.15) is 0 Å². The van der Waals surface area contributed by atoms with E-state index in [0.29, 0.717) is 36.4 Å². The molecule has 2 fully saturated rings. The first-order chi connectivity index (χ1) is 9.49. The average molecular weight is 280 g/mol. The summed E-state index contributed by atoms with van der Waals surface area (Å²) in [6.07, 6.45) is 4.09. The first kappa shape index (κ1) is 14.1. The van der Waals surface area contributed by atoms with Gasteiger partial charge in [0.25, 0.3) is 0 Å². The van der Waals surface area contributed by atoms with Crippen LogP contribution in [0.15, 0.2) is 11.6 Å². The molecule has 0 aromatic rings. The van der Waals surface area contributed by atoms with Gasteiger partial charge >= 0.3 is 5.97 Å².